The summed E-state index contributed by atoms with van der Waals surface area (Å²) in [5, 5.41) is 11.0. The van der Waals surface area contributed by atoms with E-state index in [9.17, 15) is 32.9 Å². The summed E-state index contributed by atoms with van der Waals surface area (Å²) < 4.78 is 50.3. The number of alkyl halides is 3. The summed E-state index contributed by atoms with van der Waals surface area (Å²) in [5.41, 5.74) is 0.232. The molecule has 3 aromatic rings. The van der Waals surface area contributed by atoms with Gasteiger partial charge in [-0.2, -0.15) is 13.2 Å². The van der Waals surface area contributed by atoms with Gasteiger partial charge in [-0.3, -0.25) is 24.6 Å². The fourth-order valence-electron chi connectivity index (χ4n) is 3.75. The second kappa shape index (κ2) is 11.2. The Hall–Kier alpha value is -4.32. The van der Waals surface area contributed by atoms with Gasteiger partial charge in [0, 0.05) is 6.07 Å². The van der Waals surface area contributed by atoms with Crippen LogP contribution in [0.2, 0.25) is 0 Å². The number of amides is 2. The summed E-state index contributed by atoms with van der Waals surface area (Å²) in [6, 6.07) is 13.8. The molecule has 0 aliphatic carbocycles. The predicted octanol–water partition coefficient (Wildman–Crippen LogP) is 7.35. The molecule has 1 saturated heterocycles. The van der Waals surface area contributed by atoms with Crippen molar-refractivity contribution in [2.75, 3.05) is 6.61 Å². The van der Waals surface area contributed by atoms with Crippen molar-refractivity contribution in [3.8, 4) is 17.2 Å². The van der Waals surface area contributed by atoms with Gasteiger partial charge >= 0.3 is 11.9 Å². The summed E-state index contributed by atoms with van der Waals surface area (Å²) in [6.07, 6.45) is -3.25. The average molecular weight is 559 g/mol. The zero-order valence-electron chi connectivity index (χ0n) is 20.7. The average Bonchev–Trinajstić information content (AvgIpc) is 3.13. The van der Waals surface area contributed by atoms with Gasteiger partial charge in [-0.1, -0.05) is 30.3 Å². The number of nitrogens with zero attached hydrogens (tertiary/aromatic N) is 2. The SMILES string of the molecule is CCOc1cc(/C=C2\SC(=O)N(Cc3ccccc3C)C2=O)ccc1Oc1ccc(C(F)(F)F)cc1[N+](=O)[O-]. The Morgan fingerprint density at radius 2 is 1.74 bits per heavy atom. The molecule has 0 radical (unpaired) electrons. The third kappa shape index (κ3) is 6.23. The van der Waals surface area contributed by atoms with Gasteiger partial charge in [0.1, 0.15) is 0 Å². The van der Waals surface area contributed by atoms with Crippen LogP contribution < -0.4 is 9.47 Å². The molecule has 4 rings (SSSR count). The smallest absolute Gasteiger partial charge is 0.416 e. The zero-order chi connectivity index (χ0) is 28.3. The minimum absolute atomic E-state index is 0.0181. The molecule has 0 aromatic heterocycles. The molecule has 39 heavy (non-hydrogen) atoms. The molecule has 1 aliphatic rings. The first-order chi connectivity index (χ1) is 18.5. The number of aryl methyl sites for hydroxylation is 1. The Morgan fingerprint density at radius 3 is 2.41 bits per heavy atom. The van der Waals surface area contributed by atoms with Crippen molar-refractivity contribution in [1.29, 1.82) is 0 Å². The van der Waals surface area contributed by atoms with E-state index in [1.165, 1.54) is 24.3 Å². The maximum atomic E-state index is 13.0. The maximum absolute atomic E-state index is 13.0. The number of ether oxygens (including phenoxy) is 2. The molecular formula is C27H21F3N2O6S. The number of hydrogen-bond donors (Lipinski definition) is 0. The van der Waals surface area contributed by atoms with Crippen LogP contribution in [-0.4, -0.2) is 27.6 Å². The van der Waals surface area contributed by atoms with Gasteiger partial charge in [0.2, 0.25) is 5.75 Å². The maximum Gasteiger partial charge on any atom is 0.416 e. The van der Waals surface area contributed by atoms with E-state index >= 15 is 0 Å². The van der Waals surface area contributed by atoms with Gasteiger partial charge < -0.3 is 9.47 Å². The number of thioether (sulfide) groups is 1. The highest BCUT2D eigenvalue weighted by Gasteiger charge is 2.36. The number of nitro groups is 1. The second-order valence-electron chi connectivity index (χ2n) is 8.37. The number of halogens is 3. The highest BCUT2D eigenvalue weighted by Crippen LogP contribution is 2.41. The highest BCUT2D eigenvalue weighted by molar-refractivity contribution is 8.18. The van der Waals surface area contributed by atoms with Crippen molar-refractivity contribution in [2.45, 2.75) is 26.6 Å². The third-order valence-corrected chi connectivity index (χ3v) is 6.64. The Balaban J connectivity index is 1.60. The zero-order valence-corrected chi connectivity index (χ0v) is 21.5. The number of imide groups is 1. The van der Waals surface area contributed by atoms with Crippen LogP contribution >= 0.6 is 11.8 Å². The molecule has 0 unspecified atom stereocenters. The predicted molar refractivity (Wildman–Crippen MR) is 138 cm³/mol. The normalized spacial score (nSPS) is 14.7. The molecule has 1 aliphatic heterocycles. The van der Waals surface area contributed by atoms with Gasteiger partial charge in [-0.15, -0.1) is 0 Å². The number of benzene rings is 3. The Morgan fingerprint density at radius 1 is 1.03 bits per heavy atom. The van der Waals surface area contributed by atoms with Crippen LogP contribution in [0.25, 0.3) is 6.08 Å². The van der Waals surface area contributed by atoms with Crippen LogP contribution in [0.1, 0.15) is 29.2 Å². The fraction of sp³-hybridized carbons (Fsp3) is 0.185. The monoisotopic (exact) mass is 558 g/mol. The van der Waals surface area contributed by atoms with E-state index in [2.05, 4.69) is 0 Å². The number of carbonyl (C=O) groups excluding carboxylic acids is 2. The minimum Gasteiger partial charge on any atom is -0.490 e. The van der Waals surface area contributed by atoms with E-state index in [1.54, 1.807) is 6.92 Å². The summed E-state index contributed by atoms with van der Waals surface area (Å²) >= 11 is 0.796. The van der Waals surface area contributed by atoms with Gasteiger partial charge in [-0.25, -0.2) is 0 Å². The van der Waals surface area contributed by atoms with E-state index in [0.717, 1.165) is 33.9 Å². The standard InChI is InChI=1S/C27H21F3N2O6S/c1-3-37-23-12-17(13-24-25(33)31(26(34)39-24)15-18-7-5-4-6-16(18)2)8-10-22(23)38-21-11-9-19(27(28,29)30)14-20(21)32(35)36/h4-14H,3,15H2,1-2H3/b24-13-. The highest BCUT2D eigenvalue weighted by atomic mass is 32.2. The number of carbonyl (C=O) groups is 2. The molecule has 12 heteroatoms. The van der Waals surface area contributed by atoms with Gasteiger partial charge in [-0.05, 0) is 72.6 Å². The van der Waals surface area contributed by atoms with Crippen molar-refractivity contribution in [3.05, 3.63) is 97.9 Å². The first-order valence-corrected chi connectivity index (χ1v) is 12.4. The van der Waals surface area contributed by atoms with Crippen LogP contribution in [0, 0.1) is 17.0 Å². The van der Waals surface area contributed by atoms with Gasteiger partial charge in [0.05, 0.1) is 28.5 Å². The Labute approximate surface area is 225 Å². The quantitative estimate of drug-likeness (QED) is 0.162. The van der Waals surface area contributed by atoms with Crippen LogP contribution in [0.4, 0.5) is 23.7 Å². The third-order valence-electron chi connectivity index (χ3n) is 5.73. The van der Waals surface area contributed by atoms with Crippen molar-refractivity contribution >= 4 is 34.7 Å². The summed E-state index contributed by atoms with van der Waals surface area (Å²) in [6.45, 7) is 3.90. The molecule has 8 nitrogen and oxygen atoms in total. The molecule has 0 spiro atoms. The van der Waals surface area contributed by atoms with Crippen molar-refractivity contribution in [1.82, 2.24) is 4.90 Å². The molecule has 2 amide bonds. The number of rotatable bonds is 8. The number of nitro benzene ring substituents is 1. The van der Waals surface area contributed by atoms with E-state index in [1.807, 2.05) is 31.2 Å². The van der Waals surface area contributed by atoms with Crippen LogP contribution in [-0.2, 0) is 17.5 Å². The van der Waals surface area contributed by atoms with E-state index in [0.29, 0.717) is 17.7 Å². The summed E-state index contributed by atoms with van der Waals surface area (Å²) in [4.78, 5) is 37.3. The molecule has 0 N–H and O–H groups in total. The second-order valence-corrected chi connectivity index (χ2v) is 9.37. The molecule has 0 bridgehead atoms. The summed E-state index contributed by atoms with van der Waals surface area (Å²) in [5.74, 6) is -0.699. The molecule has 0 saturated carbocycles. The summed E-state index contributed by atoms with van der Waals surface area (Å²) in [7, 11) is 0. The lowest BCUT2D eigenvalue weighted by Crippen LogP contribution is -2.27. The van der Waals surface area contributed by atoms with Crippen molar-refractivity contribution in [3.63, 3.8) is 0 Å². The van der Waals surface area contributed by atoms with Gasteiger partial charge in [0.15, 0.2) is 11.5 Å². The molecule has 1 heterocycles. The topological polar surface area (TPSA) is 99.0 Å². The van der Waals surface area contributed by atoms with Crippen molar-refractivity contribution < 1.29 is 37.2 Å². The van der Waals surface area contributed by atoms with Crippen molar-refractivity contribution in [2.24, 2.45) is 0 Å². The van der Waals surface area contributed by atoms with Crippen LogP contribution in [0.15, 0.2) is 65.6 Å². The molecule has 202 valence electrons. The van der Waals surface area contributed by atoms with E-state index in [4.69, 9.17) is 9.47 Å². The fourth-order valence-corrected chi connectivity index (χ4v) is 4.59. The minimum atomic E-state index is -4.76. The van der Waals surface area contributed by atoms with Crippen LogP contribution in [0.3, 0.4) is 0 Å². The molecule has 1 fully saturated rings. The molecule has 0 atom stereocenters. The lowest BCUT2D eigenvalue weighted by molar-refractivity contribution is -0.385. The first kappa shape index (κ1) is 27.7. The first-order valence-electron chi connectivity index (χ1n) is 11.6. The lowest BCUT2D eigenvalue weighted by atomic mass is 10.1. The van der Waals surface area contributed by atoms with E-state index < -0.39 is 39.2 Å². The van der Waals surface area contributed by atoms with E-state index in [-0.39, 0.29) is 29.6 Å². The van der Waals surface area contributed by atoms with Gasteiger partial charge in [0.25, 0.3) is 11.1 Å². The lowest BCUT2D eigenvalue weighted by Gasteiger charge is -2.14. The largest absolute Gasteiger partial charge is 0.490 e. The number of hydrogen-bond acceptors (Lipinski definition) is 7. The Bertz CT molecular complexity index is 1490. The molecular weight excluding hydrogens is 537 g/mol. The van der Waals surface area contributed by atoms with Crippen LogP contribution in [0.5, 0.6) is 17.2 Å². The Kier molecular flexibility index (Phi) is 7.95. The molecule has 3 aromatic carbocycles.